The van der Waals surface area contributed by atoms with Crippen LogP contribution in [-0.2, 0) is 9.53 Å². The summed E-state index contributed by atoms with van der Waals surface area (Å²) in [7, 11) is 0. The molecule has 3 heterocycles. The lowest BCUT2D eigenvalue weighted by molar-refractivity contribution is -0.139. The van der Waals surface area contributed by atoms with Gasteiger partial charge in [0.1, 0.15) is 36.2 Å². The Bertz CT molecular complexity index is 772. The summed E-state index contributed by atoms with van der Waals surface area (Å²) in [5.74, 6) is -0.799. The predicted octanol–water partition coefficient (Wildman–Crippen LogP) is -2.00. The summed E-state index contributed by atoms with van der Waals surface area (Å²) in [6, 6.07) is -0.892. The number of ether oxygens (including phenoxy) is 1. The summed E-state index contributed by atoms with van der Waals surface area (Å²) in [5, 5.41) is 32.2. The molecule has 2 aromatic rings. The van der Waals surface area contributed by atoms with Gasteiger partial charge in [0.05, 0.1) is 6.33 Å². The zero-order valence-corrected chi connectivity index (χ0v) is 13.8. The number of nitrogens with one attached hydrogen (secondary N) is 1. The van der Waals surface area contributed by atoms with Gasteiger partial charge in [-0.05, 0) is 0 Å². The third kappa shape index (κ3) is 3.26. The lowest BCUT2D eigenvalue weighted by Crippen LogP contribution is -2.45. The van der Waals surface area contributed by atoms with Crippen LogP contribution in [0, 0.1) is 0 Å². The van der Waals surface area contributed by atoms with Gasteiger partial charge in [-0.25, -0.2) is 15.0 Å². The number of hydrogen-bond acceptors (Lipinski definition) is 10. The molecule has 0 saturated carbocycles. The second-order valence-corrected chi connectivity index (χ2v) is 5.98. The molecule has 136 valence electrons. The zero-order chi connectivity index (χ0) is 18.1. The summed E-state index contributed by atoms with van der Waals surface area (Å²) >= 11 is 3.95. The molecule has 1 aliphatic heterocycles. The molecule has 0 aromatic carbocycles. The van der Waals surface area contributed by atoms with E-state index in [1.807, 2.05) is 0 Å². The summed E-state index contributed by atoms with van der Waals surface area (Å²) in [5.41, 5.74) is 6.44. The third-order valence-electron chi connectivity index (χ3n) is 4.04. The van der Waals surface area contributed by atoms with Gasteiger partial charge in [-0.3, -0.25) is 9.36 Å². The second-order valence-electron chi connectivity index (χ2n) is 5.61. The fourth-order valence-corrected chi connectivity index (χ4v) is 2.96. The highest BCUT2D eigenvalue weighted by Crippen LogP contribution is 2.31. The third-order valence-corrected chi connectivity index (χ3v) is 4.41. The number of carbonyl (C=O) groups is 1. The minimum absolute atomic E-state index is 0.0238. The number of aromatic nitrogens is 4. The summed E-state index contributed by atoms with van der Waals surface area (Å²) < 4.78 is 7.15. The van der Waals surface area contributed by atoms with Crippen molar-refractivity contribution in [2.24, 2.45) is 0 Å². The number of carboxylic acid groups (broad SMARTS) is 1. The monoisotopic (exact) mass is 370 g/mol. The Morgan fingerprint density at radius 1 is 1.40 bits per heavy atom. The van der Waals surface area contributed by atoms with Crippen LogP contribution in [0.3, 0.4) is 0 Å². The SMILES string of the molecule is Nc1ncnc2c1ncn2[C@@H]1O[C@H](CN[C@@H](CS)C(=O)O)[C@@H](O)[C@H]1O. The predicted molar refractivity (Wildman–Crippen MR) is 88.9 cm³/mol. The van der Waals surface area contributed by atoms with Crippen LogP contribution < -0.4 is 11.1 Å². The van der Waals surface area contributed by atoms with Crippen LogP contribution in [0.4, 0.5) is 5.82 Å². The van der Waals surface area contributed by atoms with Crippen molar-refractivity contribution in [3.05, 3.63) is 12.7 Å². The van der Waals surface area contributed by atoms with Crippen molar-refractivity contribution in [3.63, 3.8) is 0 Å². The van der Waals surface area contributed by atoms with Gasteiger partial charge in [0, 0.05) is 12.3 Å². The molecule has 3 rings (SSSR count). The molecule has 1 aliphatic rings. The molecule has 1 saturated heterocycles. The number of aliphatic carboxylic acids is 1. The van der Waals surface area contributed by atoms with Crippen molar-refractivity contribution in [3.8, 4) is 0 Å². The maximum absolute atomic E-state index is 11.0. The molecule has 0 bridgehead atoms. The van der Waals surface area contributed by atoms with Crippen molar-refractivity contribution in [1.82, 2.24) is 24.8 Å². The van der Waals surface area contributed by atoms with Crippen LogP contribution in [0.2, 0.25) is 0 Å². The van der Waals surface area contributed by atoms with E-state index in [4.69, 9.17) is 15.6 Å². The number of hydrogen-bond donors (Lipinski definition) is 6. The molecular formula is C13H18N6O5S. The smallest absolute Gasteiger partial charge is 0.321 e. The number of rotatable bonds is 6. The molecule has 1 fully saturated rings. The molecule has 0 aliphatic carbocycles. The lowest BCUT2D eigenvalue weighted by atomic mass is 10.1. The van der Waals surface area contributed by atoms with E-state index in [-0.39, 0.29) is 18.1 Å². The van der Waals surface area contributed by atoms with Crippen molar-refractivity contribution in [2.75, 3.05) is 18.0 Å². The van der Waals surface area contributed by atoms with E-state index in [2.05, 4.69) is 32.9 Å². The second kappa shape index (κ2) is 7.09. The van der Waals surface area contributed by atoms with Gasteiger partial charge >= 0.3 is 5.97 Å². The Balaban J connectivity index is 1.77. The molecule has 12 heteroatoms. The van der Waals surface area contributed by atoms with Crippen molar-refractivity contribution >= 4 is 35.6 Å². The van der Waals surface area contributed by atoms with Crippen LogP contribution in [0.5, 0.6) is 0 Å². The highest BCUT2D eigenvalue weighted by Gasteiger charge is 2.44. The van der Waals surface area contributed by atoms with Gasteiger partial charge in [-0.15, -0.1) is 0 Å². The Labute approximate surface area is 147 Å². The normalized spacial score (nSPS) is 27.6. The number of anilines is 1. The maximum Gasteiger partial charge on any atom is 0.321 e. The summed E-state index contributed by atoms with van der Waals surface area (Å²) in [6.07, 6.45) is -1.58. The number of aliphatic hydroxyl groups is 2. The van der Waals surface area contributed by atoms with E-state index >= 15 is 0 Å². The van der Waals surface area contributed by atoms with E-state index in [0.717, 1.165) is 0 Å². The first-order chi connectivity index (χ1) is 11.9. The number of nitrogens with two attached hydrogens (primary N) is 1. The Kier molecular flexibility index (Phi) is 5.06. The number of nitrogens with zero attached hydrogens (tertiary/aromatic N) is 4. The van der Waals surface area contributed by atoms with Gasteiger partial charge in [0.25, 0.3) is 0 Å². The summed E-state index contributed by atoms with van der Waals surface area (Å²) in [4.78, 5) is 23.0. The van der Waals surface area contributed by atoms with Gasteiger partial charge in [0.2, 0.25) is 0 Å². The number of aliphatic hydroxyl groups excluding tert-OH is 2. The van der Waals surface area contributed by atoms with Crippen LogP contribution in [-0.4, -0.2) is 77.5 Å². The number of nitrogen functional groups attached to an aromatic ring is 1. The quantitative estimate of drug-likeness (QED) is 0.313. The maximum atomic E-state index is 11.0. The largest absolute Gasteiger partial charge is 0.480 e. The van der Waals surface area contributed by atoms with Gasteiger partial charge in [-0.1, -0.05) is 0 Å². The highest BCUT2D eigenvalue weighted by atomic mass is 32.1. The molecule has 2 aromatic heterocycles. The molecule has 0 unspecified atom stereocenters. The molecule has 6 N–H and O–H groups in total. The number of thiol groups is 1. The first kappa shape index (κ1) is 17.8. The molecular weight excluding hydrogens is 352 g/mol. The zero-order valence-electron chi connectivity index (χ0n) is 12.9. The Morgan fingerprint density at radius 3 is 2.84 bits per heavy atom. The molecule has 11 nitrogen and oxygen atoms in total. The van der Waals surface area contributed by atoms with E-state index in [0.29, 0.717) is 11.2 Å². The molecule has 5 atom stereocenters. The van der Waals surface area contributed by atoms with Gasteiger partial charge < -0.3 is 31.1 Å². The first-order valence-electron chi connectivity index (χ1n) is 7.45. The van der Waals surface area contributed by atoms with Gasteiger partial charge in [0.15, 0.2) is 17.7 Å². The molecule has 0 spiro atoms. The highest BCUT2D eigenvalue weighted by molar-refractivity contribution is 7.80. The Hall–Kier alpha value is -1.99. The lowest BCUT2D eigenvalue weighted by Gasteiger charge is -2.18. The van der Waals surface area contributed by atoms with Crippen molar-refractivity contribution in [1.29, 1.82) is 0 Å². The average Bonchev–Trinajstić information content (AvgIpc) is 3.12. The minimum atomic E-state index is -1.25. The van der Waals surface area contributed by atoms with Crippen LogP contribution in [0.15, 0.2) is 12.7 Å². The number of carboxylic acids is 1. The van der Waals surface area contributed by atoms with E-state index < -0.39 is 36.6 Å². The van der Waals surface area contributed by atoms with E-state index in [1.165, 1.54) is 17.2 Å². The molecule has 25 heavy (non-hydrogen) atoms. The van der Waals surface area contributed by atoms with Crippen LogP contribution in [0.1, 0.15) is 6.23 Å². The first-order valence-corrected chi connectivity index (χ1v) is 8.09. The average molecular weight is 370 g/mol. The minimum Gasteiger partial charge on any atom is -0.480 e. The Morgan fingerprint density at radius 2 is 2.16 bits per heavy atom. The van der Waals surface area contributed by atoms with E-state index in [1.54, 1.807) is 0 Å². The fraction of sp³-hybridized carbons (Fsp3) is 0.538. The topological polar surface area (TPSA) is 169 Å². The molecule has 0 amide bonds. The molecule has 0 radical (unpaired) electrons. The van der Waals surface area contributed by atoms with E-state index in [9.17, 15) is 15.0 Å². The number of fused-ring (bicyclic) bond motifs is 1. The van der Waals surface area contributed by atoms with Gasteiger partial charge in [-0.2, -0.15) is 12.6 Å². The van der Waals surface area contributed by atoms with Crippen LogP contribution >= 0.6 is 12.6 Å². The standard InChI is InChI=1S/C13H18N6O5S/c14-10-7-11(17-3-16-10)19(4-18-7)12-9(21)8(20)6(24-12)1-15-5(2-25)13(22)23/h3-6,8-9,12,15,20-21,25H,1-2H2,(H,22,23)(H2,14,16,17)/t5-,6+,8+,9+,12+/m0/s1. The van der Waals surface area contributed by atoms with Crippen LogP contribution in [0.25, 0.3) is 11.2 Å². The van der Waals surface area contributed by atoms with Crippen molar-refractivity contribution in [2.45, 2.75) is 30.6 Å². The fourth-order valence-electron chi connectivity index (χ4n) is 2.67. The summed E-state index contributed by atoms with van der Waals surface area (Å²) in [6.45, 7) is 0.0238. The van der Waals surface area contributed by atoms with Crippen molar-refractivity contribution < 1.29 is 24.9 Å². The number of imidazole rings is 1.